The van der Waals surface area contributed by atoms with E-state index in [2.05, 4.69) is 5.32 Å². The monoisotopic (exact) mass is 316 g/mol. The molecule has 1 aliphatic heterocycles. The fourth-order valence-electron chi connectivity index (χ4n) is 2.72. The maximum atomic E-state index is 12.2. The number of nitrogens with one attached hydrogen (secondary N) is 1. The standard InChI is InChI=1S/C16H32N2O4/c1-12(17-16(5,10-19)11-20)13-7-6-8-18(9-13)14(21)22-15(2,3)4/h12-13,17,19-20H,6-11H2,1-5H3. The van der Waals surface area contributed by atoms with Crippen LogP contribution in [-0.2, 0) is 4.74 Å². The third-order valence-corrected chi connectivity index (χ3v) is 4.09. The number of nitrogens with zero attached hydrogens (tertiary/aromatic N) is 1. The van der Waals surface area contributed by atoms with Crippen LogP contribution in [0.5, 0.6) is 0 Å². The maximum absolute atomic E-state index is 12.2. The normalized spacial score (nSPS) is 21.6. The Bertz CT molecular complexity index is 364. The lowest BCUT2D eigenvalue weighted by molar-refractivity contribution is 0.0124. The van der Waals surface area contributed by atoms with E-state index in [0.717, 1.165) is 19.4 Å². The van der Waals surface area contributed by atoms with Gasteiger partial charge in [0.05, 0.1) is 18.8 Å². The van der Waals surface area contributed by atoms with Crippen molar-refractivity contribution in [2.45, 2.75) is 64.6 Å². The summed E-state index contributed by atoms with van der Waals surface area (Å²) in [5, 5.41) is 22.1. The van der Waals surface area contributed by atoms with E-state index in [0.29, 0.717) is 6.54 Å². The Morgan fingerprint density at radius 2 is 1.91 bits per heavy atom. The van der Waals surface area contributed by atoms with Gasteiger partial charge < -0.3 is 25.2 Å². The van der Waals surface area contributed by atoms with Crippen molar-refractivity contribution < 1.29 is 19.7 Å². The fourth-order valence-corrected chi connectivity index (χ4v) is 2.72. The highest BCUT2D eigenvalue weighted by molar-refractivity contribution is 5.68. The minimum Gasteiger partial charge on any atom is -0.444 e. The number of ether oxygens (including phenoxy) is 1. The molecule has 130 valence electrons. The average molecular weight is 316 g/mol. The van der Waals surface area contributed by atoms with Crippen LogP contribution in [0.15, 0.2) is 0 Å². The second kappa shape index (κ2) is 7.62. The first-order chi connectivity index (χ1) is 10.1. The number of piperidine rings is 1. The number of aliphatic hydroxyl groups is 2. The summed E-state index contributed by atoms with van der Waals surface area (Å²) >= 11 is 0. The zero-order valence-electron chi connectivity index (χ0n) is 14.6. The minimum atomic E-state index is -0.701. The first-order valence-corrected chi connectivity index (χ1v) is 8.07. The summed E-state index contributed by atoms with van der Waals surface area (Å²) in [5.74, 6) is 0.277. The number of carbonyl (C=O) groups excluding carboxylic acids is 1. The molecule has 0 aromatic carbocycles. The van der Waals surface area contributed by atoms with E-state index in [1.165, 1.54) is 0 Å². The number of amides is 1. The molecule has 1 rings (SSSR count). The summed E-state index contributed by atoms with van der Waals surface area (Å²) < 4.78 is 5.44. The molecule has 2 unspecified atom stereocenters. The van der Waals surface area contributed by atoms with E-state index in [1.807, 2.05) is 27.7 Å². The highest BCUT2D eigenvalue weighted by atomic mass is 16.6. The molecule has 0 aromatic rings. The first kappa shape index (κ1) is 19.2. The Morgan fingerprint density at radius 3 is 2.41 bits per heavy atom. The van der Waals surface area contributed by atoms with E-state index >= 15 is 0 Å². The van der Waals surface area contributed by atoms with Crippen molar-refractivity contribution in [3.8, 4) is 0 Å². The Balaban J connectivity index is 2.60. The number of hydrogen-bond donors (Lipinski definition) is 3. The van der Waals surface area contributed by atoms with Crippen LogP contribution in [0.4, 0.5) is 4.79 Å². The number of hydrogen-bond acceptors (Lipinski definition) is 5. The number of rotatable bonds is 5. The van der Waals surface area contributed by atoms with Crippen LogP contribution in [0.2, 0.25) is 0 Å². The summed E-state index contributed by atoms with van der Waals surface area (Å²) in [4.78, 5) is 13.9. The van der Waals surface area contributed by atoms with Crippen LogP contribution in [0.3, 0.4) is 0 Å². The first-order valence-electron chi connectivity index (χ1n) is 8.07. The molecule has 1 amide bonds. The van der Waals surface area contributed by atoms with E-state index in [9.17, 15) is 15.0 Å². The lowest BCUT2D eigenvalue weighted by Gasteiger charge is -2.39. The smallest absolute Gasteiger partial charge is 0.410 e. The van der Waals surface area contributed by atoms with Crippen LogP contribution in [0.25, 0.3) is 0 Å². The Kier molecular flexibility index (Phi) is 6.65. The van der Waals surface area contributed by atoms with Crippen molar-refractivity contribution in [2.24, 2.45) is 5.92 Å². The van der Waals surface area contributed by atoms with Gasteiger partial charge in [-0.25, -0.2) is 4.79 Å². The van der Waals surface area contributed by atoms with Gasteiger partial charge in [-0.2, -0.15) is 0 Å². The Labute approximate surface area is 133 Å². The van der Waals surface area contributed by atoms with Crippen LogP contribution in [0, 0.1) is 5.92 Å². The lowest BCUT2D eigenvalue weighted by Crippen LogP contribution is -2.57. The molecule has 1 heterocycles. The third kappa shape index (κ3) is 5.74. The molecule has 0 spiro atoms. The summed E-state index contributed by atoms with van der Waals surface area (Å²) in [6.45, 7) is 10.5. The van der Waals surface area contributed by atoms with Crippen molar-refractivity contribution >= 4 is 6.09 Å². The van der Waals surface area contributed by atoms with Gasteiger partial charge in [0.15, 0.2) is 0 Å². The van der Waals surface area contributed by atoms with Gasteiger partial charge in [0.25, 0.3) is 0 Å². The van der Waals surface area contributed by atoms with Crippen molar-refractivity contribution in [2.75, 3.05) is 26.3 Å². The van der Waals surface area contributed by atoms with E-state index in [-0.39, 0.29) is 31.3 Å². The number of aliphatic hydroxyl groups excluding tert-OH is 2. The topological polar surface area (TPSA) is 82.0 Å². The van der Waals surface area contributed by atoms with E-state index < -0.39 is 11.1 Å². The van der Waals surface area contributed by atoms with Crippen LogP contribution >= 0.6 is 0 Å². The molecule has 2 atom stereocenters. The van der Waals surface area contributed by atoms with Gasteiger partial charge >= 0.3 is 6.09 Å². The van der Waals surface area contributed by atoms with Gasteiger partial charge in [0, 0.05) is 19.1 Å². The minimum absolute atomic E-state index is 0.0922. The predicted octanol–water partition coefficient (Wildman–Crippen LogP) is 1.35. The zero-order valence-corrected chi connectivity index (χ0v) is 14.6. The Morgan fingerprint density at radius 1 is 1.32 bits per heavy atom. The van der Waals surface area contributed by atoms with Gasteiger partial charge in [-0.15, -0.1) is 0 Å². The molecule has 0 aliphatic carbocycles. The summed E-state index contributed by atoms with van der Waals surface area (Å²) in [7, 11) is 0. The van der Waals surface area contributed by atoms with Crippen molar-refractivity contribution in [1.82, 2.24) is 10.2 Å². The Hall–Kier alpha value is -0.850. The SMILES string of the molecule is CC(NC(C)(CO)CO)C1CCCN(C(=O)OC(C)(C)C)C1. The van der Waals surface area contributed by atoms with E-state index in [1.54, 1.807) is 11.8 Å². The average Bonchev–Trinajstić information content (AvgIpc) is 2.45. The quantitative estimate of drug-likeness (QED) is 0.713. The lowest BCUT2D eigenvalue weighted by atomic mass is 9.89. The van der Waals surface area contributed by atoms with Gasteiger partial charge in [0.2, 0.25) is 0 Å². The largest absolute Gasteiger partial charge is 0.444 e. The molecule has 22 heavy (non-hydrogen) atoms. The van der Waals surface area contributed by atoms with Crippen molar-refractivity contribution in [3.05, 3.63) is 0 Å². The maximum Gasteiger partial charge on any atom is 0.410 e. The highest BCUT2D eigenvalue weighted by Crippen LogP contribution is 2.23. The van der Waals surface area contributed by atoms with Crippen LogP contribution < -0.4 is 5.32 Å². The van der Waals surface area contributed by atoms with Gasteiger partial charge in [-0.05, 0) is 53.4 Å². The number of likely N-dealkylation sites (tertiary alicyclic amines) is 1. The second-order valence-corrected chi connectivity index (χ2v) is 7.64. The van der Waals surface area contributed by atoms with Crippen LogP contribution in [-0.4, -0.2) is 64.7 Å². The van der Waals surface area contributed by atoms with Crippen molar-refractivity contribution in [1.29, 1.82) is 0 Å². The molecule has 1 saturated heterocycles. The molecular formula is C16H32N2O4. The van der Waals surface area contributed by atoms with Gasteiger partial charge in [-0.3, -0.25) is 0 Å². The third-order valence-electron chi connectivity index (χ3n) is 4.09. The van der Waals surface area contributed by atoms with Crippen molar-refractivity contribution in [3.63, 3.8) is 0 Å². The fraction of sp³-hybridized carbons (Fsp3) is 0.938. The molecule has 1 fully saturated rings. The van der Waals surface area contributed by atoms with Crippen LogP contribution in [0.1, 0.15) is 47.5 Å². The molecule has 0 saturated carbocycles. The number of carbonyl (C=O) groups is 1. The summed E-state index contributed by atoms with van der Waals surface area (Å²) in [5.41, 5.74) is -1.19. The molecule has 1 aliphatic rings. The molecule has 3 N–H and O–H groups in total. The molecular weight excluding hydrogens is 284 g/mol. The molecule has 0 bridgehead atoms. The van der Waals surface area contributed by atoms with Gasteiger partial charge in [0.1, 0.15) is 5.60 Å². The van der Waals surface area contributed by atoms with E-state index in [4.69, 9.17) is 4.74 Å². The molecule has 6 nitrogen and oxygen atoms in total. The highest BCUT2D eigenvalue weighted by Gasteiger charge is 2.33. The molecule has 0 aromatic heterocycles. The summed E-state index contributed by atoms with van der Waals surface area (Å²) in [6, 6.07) is 0.0922. The zero-order chi connectivity index (χ0) is 17.0. The second-order valence-electron chi connectivity index (χ2n) is 7.64. The summed E-state index contributed by atoms with van der Waals surface area (Å²) in [6.07, 6.45) is 1.68. The molecule has 0 radical (unpaired) electrons. The van der Waals surface area contributed by atoms with Gasteiger partial charge in [-0.1, -0.05) is 0 Å². The molecule has 6 heteroatoms. The predicted molar refractivity (Wildman–Crippen MR) is 85.7 cm³/mol.